The second-order valence-corrected chi connectivity index (χ2v) is 5.60. The van der Waals surface area contributed by atoms with Gasteiger partial charge in [0.2, 0.25) is 5.91 Å². The molecule has 5 heteroatoms. The van der Waals surface area contributed by atoms with Gasteiger partial charge in [-0.05, 0) is 24.5 Å². The molecule has 5 nitrogen and oxygen atoms in total. The van der Waals surface area contributed by atoms with E-state index >= 15 is 0 Å². The summed E-state index contributed by atoms with van der Waals surface area (Å²) in [6, 6.07) is 6.04. The Labute approximate surface area is 119 Å². The quantitative estimate of drug-likeness (QED) is 0.827. The lowest BCUT2D eigenvalue weighted by atomic mass is 9.87. The minimum absolute atomic E-state index is 0.280. The Morgan fingerprint density at radius 1 is 1.30 bits per heavy atom. The lowest BCUT2D eigenvalue weighted by Crippen LogP contribution is -2.45. The maximum atomic E-state index is 12.1. The summed E-state index contributed by atoms with van der Waals surface area (Å²) >= 11 is 0. The van der Waals surface area contributed by atoms with E-state index in [2.05, 4.69) is 5.32 Å². The van der Waals surface area contributed by atoms with Crippen LogP contribution in [-0.2, 0) is 9.53 Å². The fraction of sp³-hybridized carbons (Fsp3) is 0.467. The lowest BCUT2D eigenvalue weighted by Gasteiger charge is -2.26. The third-order valence-electron chi connectivity index (χ3n) is 2.90. The maximum absolute atomic E-state index is 12.1. The average Bonchev–Trinajstić information content (AvgIpc) is 2.37. The van der Waals surface area contributed by atoms with Gasteiger partial charge in [-0.25, -0.2) is 4.79 Å². The summed E-state index contributed by atoms with van der Waals surface area (Å²) in [6.45, 7) is 7.66. The van der Waals surface area contributed by atoms with Crippen LogP contribution in [0.5, 0.6) is 0 Å². The zero-order valence-electron chi connectivity index (χ0n) is 12.4. The van der Waals surface area contributed by atoms with Crippen LogP contribution in [0.1, 0.15) is 38.1 Å². The fourth-order valence-electron chi connectivity index (χ4n) is 1.58. The van der Waals surface area contributed by atoms with Gasteiger partial charge in [-0.1, -0.05) is 32.9 Å². The molecular weight excluding hydrogens is 256 g/mol. The standard InChI is InChI=1S/C15H22N2O3/c1-5-20-14(19)10-8-6-7-9-11(10)17-13(18)12(16)15(2,3)4/h6-9,12H,5,16H2,1-4H3,(H,17,18)/t12-/m1/s1. The molecule has 1 amide bonds. The molecule has 0 saturated heterocycles. The van der Waals surface area contributed by atoms with E-state index in [9.17, 15) is 9.59 Å². The average molecular weight is 278 g/mol. The Morgan fingerprint density at radius 3 is 2.45 bits per heavy atom. The molecule has 0 fully saturated rings. The van der Waals surface area contributed by atoms with Gasteiger partial charge in [-0.2, -0.15) is 0 Å². The van der Waals surface area contributed by atoms with E-state index in [1.807, 2.05) is 20.8 Å². The minimum atomic E-state index is -0.669. The molecule has 20 heavy (non-hydrogen) atoms. The summed E-state index contributed by atoms with van der Waals surface area (Å²) in [7, 11) is 0. The van der Waals surface area contributed by atoms with Gasteiger partial charge in [0, 0.05) is 0 Å². The van der Waals surface area contributed by atoms with Crippen molar-refractivity contribution in [2.75, 3.05) is 11.9 Å². The largest absolute Gasteiger partial charge is 0.462 e. The third kappa shape index (κ3) is 4.06. The molecule has 0 aromatic heterocycles. The van der Waals surface area contributed by atoms with E-state index in [0.717, 1.165) is 0 Å². The number of nitrogens with two attached hydrogens (primary N) is 1. The first-order valence-electron chi connectivity index (χ1n) is 6.60. The Hall–Kier alpha value is -1.88. The van der Waals surface area contributed by atoms with Crippen LogP contribution in [0.15, 0.2) is 24.3 Å². The van der Waals surface area contributed by atoms with Gasteiger partial charge in [-0.15, -0.1) is 0 Å². The predicted octanol–water partition coefficient (Wildman–Crippen LogP) is 2.18. The highest BCUT2D eigenvalue weighted by molar-refractivity contribution is 6.02. The van der Waals surface area contributed by atoms with Gasteiger partial charge in [0.05, 0.1) is 23.9 Å². The van der Waals surface area contributed by atoms with Crippen molar-refractivity contribution in [3.05, 3.63) is 29.8 Å². The molecule has 0 unspecified atom stereocenters. The monoisotopic (exact) mass is 278 g/mol. The number of anilines is 1. The van der Waals surface area contributed by atoms with Gasteiger partial charge in [-0.3, -0.25) is 4.79 Å². The second-order valence-electron chi connectivity index (χ2n) is 5.60. The first-order valence-corrected chi connectivity index (χ1v) is 6.60. The summed E-state index contributed by atoms with van der Waals surface area (Å²) in [5, 5.41) is 2.69. The van der Waals surface area contributed by atoms with Crippen LogP contribution >= 0.6 is 0 Å². The molecule has 3 N–H and O–H groups in total. The second kappa shape index (κ2) is 6.52. The molecule has 1 atom stereocenters. The van der Waals surface area contributed by atoms with Gasteiger partial charge < -0.3 is 15.8 Å². The lowest BCUT2D eigenvalue weighted by molar-refractivity contribution is -0.119. The summed E-state index contributed by atoms with van der Waals surface area (Å²) < 4.78 is 4.96. The predicted molar refractivity (Wildman–Crippen MR) is 78.5 cm³/mol. The summed E-state index contributed by atoms with van der Waals surface area (Å²) in [6.07, 6.45) is 0. The summed E-state index contributed by atoms with van der Waals surface area (Å²) in [4.78, 5) is 23.9. The number of nitrogens with one attached hydrogen (secondary N) is 1. The normalized spacial score (nSPS) is 12.7. The van der Waals surface area contributed by atoms with Crippen molar-refractivity contribution in [3.63, 3.8) is 0 Å². The number of hydrogen-bond donors (Lipinski definition) is 2. The van der Waals surface area contributed by atoms with Crippen LogP contribution in [-0.4, -0.2) is 24.5 Å². The highest BCUT2D eigenvalue weighted by Crippen LogP contribution is 2.21. The molecule has 1 rings (SSSR count). The zero-order valence-corrected chi connectivity index (χ0v) is 12.4. The van der Waals surface area contributed by atoms with E-state index in [4.69, 9.17) is 10.5 Å². The number of benzene rings is 1. The number of carbonyl (C=O) groups excluding carboxylic acids is 2. The first kappa shape index (κ1) is 16.2. The summed E-state index contributed by atoms with van der Waals surface area (Å²) in [5.41, 5.74) is 6.28. The van der Waals surface area contributed by atoms with Crippen molar-refractivity contribution in [1.29, 1.82) is 0 Å². The highest BCUT2D eigenvalue weighted by Gasteiger charge is 2.28. The topological polar surface area (TPSA) is 81.4 Å². The minimum Gasteiger partial charge on any atom is -0.462 e. The molecule has 110 valence electrons. The Kier molecular flexibility index (Phi) is 5.27. The number of ether oxygens (including phenoxy) is 1. The molecule has 0 aliphatic rings. The van der Waals surface area contributed by atoms with Gasteiger partial charge in [0.25, 0.3) is 0 Å². The number of rotatable bonds is 4. The van der Waals surface area contributed by atoms with E-state index in [1.165, 1.54) is 0 Å². The van der Waals surface area contributed by atoms with Crippen molar-refractivity contribution in [2.24, 2.45) is 11.1 Å². The number of carbonyl (C=O) groups is 2. The Morgan fingerprint density at radius 2 is 1.90 bits per heavy atom. The van der Waals surface area contributed by atoms with Crippen molar-refractivity contribution >= 4 is 17.6 Å². The molecule has 0 radical (unpaired) electrons. The summed E-state index contributed by atoms with van der Waals surface area (Å²) in [5.74, 6) is -0.790. The van der Waals surface area contributed by atoms with Crippen molar-refractivity contribution in [3.8, 4) is 0 Å². The number of amides is 1. The molecule has 1 aromatic carbocycles. The van der Waals surface area contributed by atoms with Crippen molar-refractivity contribution in [2.45, 2.75) is 33.7 Å². The van der Waals surface area contributed by atoms with E-state index in [0.29, 0.717) is 11.3 Å². The molecular formula is C15H22N2O3. The number of hydrogen-bond acceptors (Lipinski definition) is 4. The first-order chi connectivity index (χ1) is 9.27. The van der Waals surface area contributed by atoms with E-state index in [-0.39, 0.29) is 17.9 Å². The van der Waals surface area contributed by atoms with Crippen molar-refractivity contribution in [1.82, 2.24) is 0 Å². The molecule has 0 aliphatic heterocycles. The van der Waals surface area contributed by atoms with Crippen molar-refractivity contribution < 1.29 is 14.3 Å². The highest BCUT2D eigenvalue weighted by atomic mass is 16.5. The zero-order chi connectivity index (χ0) is 15.3. The van der Waals surface area contributed by atoms with Crippen LogP contribution in [0, 0.1) is 5.41 Å². The molecule has 1 aromatic rings. The van der Waals surface area contributed by atoms with Crippen LogP contribution < -0.4 is 11.1 Å². The molecule has 0 saturated carbocycles. The third-order valence-corrected chi connectivity index (χ3v) is 2.90. The molecule has 0 spiro atoms. The SMILES string of the molecule is CCOC(=O)c1ccccc1NC(=O)[C@@H](N)C(C)(C)C. The van der Waals surface area contributed by atoms with Crippen LogP contribution in [0.4, 0.5) is 5.69 Å². The maximum Gasteiger partial charge on any atom is 0.340 e. The number of esters is 1. The van der Waals surface area contributed by atoms with Crippen LogP contribution in [0.2, 0.25) is 0 Å². The molecule has 0 bridgehead atoms. The van der Waals surface area contributed by atoms with E-state index < -0.39 is 12.0 Å². The van der Waals surface area contributed by atoms with Crippen LogP contribution in [0.25, 0.3) is 0 Å². The Balaban J connectivity index is 2.93. The van der Waals surface area contributed by atoms with Crippen LogP contribution in [0.3, 0.4) is 0 Å². The van der Waals surface area contributed by atoms with E-state index in [1.54, 1.807) is 31.2 Å². The fourth-order valence-corrected chi connectivity index (χ4v) is 1.58. The van der Waals surface area contributed by atoms with Gasteiger partial charge >= 0.3 is 5.97 Å². The molecule has 0 heterocycles. The van der Waals surface area contributed by atoms with Gasteiger partial charge in [0.15, 0.2) is 0 Å². The Bertz CT molecular complexity index is 492. The molecule has 0 aliphatic carbocycles. The number of para-hydroxylation sites is 1. The van der Waals surface area contributed by atoms with Gasteiger partial charge in [0.1, 0.15) is 0 Å². The smallest absolute Gasteiger partial charge is 0.340 e.